The summed E-state index contributed by atoms with van der Waals surface area (Å²) in [4.78, 5) is 12.6. The number of hydrogen-bond donors (Lipinski definition) is 0. The second kappa shape index (κ2) is 26.8. The average molecular weight is 605 g/mol. The van der Waals surface area contributed by atoms with Crippen LogP contribution in [0.5, 0.6) is 11.5 Å². The molecule has 3 heteroatoms. The van der Waals surface area contributed by atoms with Crippen molar-refractivity contribution < 1.29 is 14.3 Å². The lowest BCUT2D eigenvalue weighted by atomic mass is 10.0. The molecule has 44 heavy (non-hydrogen) atoms. The fourth-order valence-corrected chi connectivity index (χ4v) is 5.57. The molecule has 0 atom stereocenters. The van der Waals surface area contributed by atoms with E-state index in [0.29, 0.717) is 5.56 Å². The standard InChI is InChI=1S/C41H64O3/c1-3-5-7-9-11-12-13-14-15-16-17-18-19-20-22-24-36-44-40-32-28-38(29-33-40)41(42)34-27-37-25-30-39(31-26-37)43-35-23-21-10-8-6-4-2/h25-34H,3-24,35-36H2,1-2H3/b34-27+. The van der Waals surface area contributed by atoms with E-state index in [9.17, 15) is 4.79 Å². The summed E-state index contributed by atoms with van der Waals surface area (Å²) in [6, 6.07) is 15.5. The fraction of sp³-hybridized carbons (Fsp3) is 0.634. The summed E-state index contributed by atoms with van der Waals surface area (Å²) in [7, 11) is 0. The Morgan fingerprint density at radius 1 is 0.477 bits per heavy atom. The van der Waals surface area contributed by atoms with Crippen LogP contribution in [0.25, 0.3) is 6.08 Å². The predicted octanol–water partition coefficient (Wildman–Crippen LogP) is 13.0. The van der Waals surface area contributed by atoms with Gasteiger partial charge in [0.15, 0.2) is 5.78 Å². The minimum atomic E-state index is -0.00208. The van der Waals surface area contributed by atoms with Crippen molar-refractivity contribution in [3.63, 3.8) is 0 Å². The van der Waals surface area contributed by atoms with E-state index in [-0.39, 0.29) is 5.78 Å². The summed E-state index contributed by atoms with van der Waals surface area (Å²) in [5.41, 5.74) is 1.67. The lowest BCUT2D eigenvalue weighted by molar-refractivity contribution is 0.104. The summed E-state index contributed by atoms with van der Waals surface area (Å²) >= 11 is 0. The molecule has 0 aliphatic rings. The number of rotatable bonds is 29. The number of carbonyl (C=O) groups excluding carboxylic acids is 1. The third-order valence-electron chi connectivity index (χ3n) is 8.48. The molecule has 0 aromatic heterocycles. The molecule has 2 rings (SSSR count). The Morgan fingerprint density at radius 2 is 0.818 bits per heavy atom. The highest BCUT2D eigenvalue weighted by atomic mass is 16.5. The maximum atomic E-state index is 12.6. The van der Waals surface area contributed by atoms with E-state index in [2.05, 4.69) is 13.8 Å². The zero-order chi connectivity index (χ0) is 31.3. The zero-order valence-electron chi connectivity index (χ0n) is 28.5. The van der Waals surface area contributed by atoms with Crippen LogP contribution in [0.1, 0.15) is 171 Å². The Kier molecular flexibility index (Phi) is 22.9. The molecule has 2 aromatic carbocycles. The van der Waals surface area contributed by atoms with Gasteiger partial charge in [0.1, 0.15) is 11.5 Å². The van der Waals surface area contributed by atoms with E-state index >= 15 is 0 Å². The zero-order valence-corrected chi connectivity index (χ0v) is 28.5. The number of allylic oxidation sites excluding steroid dienone is 1. The Balaban J connectivity index is 1.47. The number of ketones is 1. The molecule has 2 aromatic rings. The molecule has 0 bridgehead atoms. The Hall–Kier alpha value is -2.55. The van der Waals surface area contributed by atoms with E-state index in [4.69, 9.17) is 9.47 Å². The highest BCUT2D eigenvalue weighted by molar-refractivity contribution is 6.06. The highest BCUT2D eigenvalue weighted by Crippen LogP contribution is 2.18. The number of hydrogen-bond acceptors (Lipinski definition) is 3. The molecule has 0 radical (unpaired) electrons. The first kappa shape index (κ1) is 37.6. The monoisotopic (exact) mass is 604 g/mol. The van der Waals surface area contributed by atoms with Crippen molar-refractivity contribution in [2.24, 2.45) is 0 Å². The van der Waals surface area contributed by atoms with Gasteiger partial charge in [-0.25, -0.2) is 0 Å². The SMILES string of the molecule is CCCCCCCCCCCCCCCCCCOc1ccc(C(=O)/C=C/c2ccc(OCCCCCCCC)cc2)cc1. The molecule has 0 spiro atoms. The van der Waals surface area contributed by atoms with Crippen LogP contribution in [-0.4, -0.2) is 19.0 Å². The maximum absolute atomic E-state index is 12.6. The van der Waals surface area contributed by atoms with Gasteiger partial charge in [-0.2, -0.15) is 0 Å². The molecule has 246 valence electrons. The first-order chi connectivity index (χ1) is 21.7. The van der Waals surface area contributed by atoms with Crippen LogP contribution in [-0.2, 0) is 0 Å². The molecular formula is C41H64O3. The van der Waals surface area contributed by atoms with Crippen molar-refractivity contribution in [2.45, 2.75) is 155 Å². The molecule has 0 fully saturated rings. The van der Waals surface area contributed by atoms with Gasteiger partial charge in [0.05, 0.1) is 13.2 Å². The van der Waals surface area contributed by atoms with E-state index in [1.165, 1.54) is 128 Å². The van der Waals surface area contributed by atoms with Crippen molar-refractivity contribution in [2.75, 3.05) is 13.2 Å². The van der Waals surface area contributed by atoms with Crippen molar-refractivity contribution in [3.8, 4) is 11.5 Å². The summed E-state index contributed by atoms with van der Waals surface area (Å²) in [5.74, 6) is 1.72. The van der Waals surface area contributed by atoms with Gasteiger partial charge in [0, 0.05) is 5.56 Å². The molecule has 0 saturated carbocycles. The quantitative estimate of drug-likeness (QED) is 0.0526. The number of unbranched alkanes of at least 4 members (excludes halogenated alkanes) is 20. The normalized spacial score (nSPS) is 11.3. The summed E-state index contributed by atoms with van der Waals surface area (Å²) in [6.45, 7) is 6.03. The first-order valence-corrected chi connectivity index (χ1v) is 18.4. The molecule has 3 nitrogen and oxygen atoms in total. The second-order valence-electron chi connectivity index (χ2n) is 12.6. The molecule has 0 aliphatic carbocycles. The molecule has 0 amide bonds. The van der Waals surface area contributed by atoms with E-state index in [1.54, 1.807) is 6.08 Å². The van der Waals surface area contributed by atoms with Gasteiger partial charge in [-0.05, 0) is 60.9 Å². The Labute approximate surface area is 271 Å². The Morgan fingerprint density at radius 3 is 1.20 bits per heavy atom. The largest absolute Gasteiger partial charge is 0.494 e. The lowest BCUT2D eigenvalue weighted by Gasteiger charge is -2.07. The molecular weight excluding hydrogens is 540 g/mol. The molecule has 0 unspecified atom stereocenters. The number of benzene rings is 2. The lowest BCUT2D eigenvalue weighted by Crippen LogP contribution is -1.99. The van der Waals surface area contributed by atoms with Gasteiger partial charge < -0.3 is 9.47 Å². The van der Waals surface area contributed by atoms with Crippen molar-refractivity contribution >= 4 is 11.9 Å². The smallest absolute Gasteiger partial charge is 0.185 e. The average Bonchev–Trinajstić information content (AvgIpc) is 3.05. The molecule has 0 aliphatic heterocycles. The van der Waals surface area contributed by atoms with Crippen LogP contribution >= 0.6 is 0 Å². The van der Waals surface area contributed by atoms with Gasteiger partial charge in [0.2, 0.25) is 0 Å². The van der Waals surface area contributed by atoms with Crippen molar-refractivity contribution in [1.82, 2.24) is 0 Å². The number of carbonyl (C=O) groups is 1. The van der Waals surface area contributed by atoms with Gasteiger partial charge in [-0.1, -0.05) is 160 Å². The van der Waals surface area contributed by atoms with Crippen LogP contribution in [0, 0.1) is 0 Å². The van der Waals surface area contributed by atoms with Crippen LogP contribution in [0.3, 0.4) is 0 Å². The van der Waals surface area contributed by atoms with Crippen LogP contribution in [0.2, 0.25) is 0 Å². The summed E-state index contributed by atoms with van der Waals surface area (Å²) in [5, 5.41) is 0. The maximum Gasteiger partial charge on any atom is 0.185 e. The van der Waals surface area contributed by atoms with Gasteiger partial charge >= 0.3 is 0 Å². The van der Waals surface area contributed by atoms with Crippen LogP contribution in [0.4, 0.5) is 0 Å². The minimum absolute atomic E-state index is 0.00208. The molecule has 0 N–H and O–H groups in total. The van der Waals surface area contributed by atoms with Crippen molar-refractivity contribution in [3.05, 3.63) is 65.7 Å². The first-order valence-electron chi connectivity index (χ1n) is 18.4. The van der Waals surface area contributed by atoms with Gasteiger partial charge in [-0.3, -0.25) is 4.79 Å². The van der Waals surface area contributed by atoms with Crippen molar-refractivity contribution in [1.29, 1.82) is 0 Å². The van der Waals surface area contributed by atoms with E-state index < -0.39 is 0 Å². The third kappa shape index (κ3) is 19.7. The van der Waals surface area contributed by atoms with Gasteiger partial charge in [0.25, 0.3) is 0 Å². The van der Waals surface area contributed by atoms with E-state index in [0.717, 1.165) is 43.1 Å². The fourth-order valence-electron chi connectivity index (χ4n) is 5.57. The van der Waals surface area contributed by atoms with Gasteiger partial charge in [-0.15, -0.1) is 0 Å². The summed E-state index contributed by atoms with van der Waals surface area (Å²) in [6.07, 6.45) is 33.0. The van der Waals surface area contributed by atoms with E-state index in [1.807, 2.05) is 54.6 Å². The topological polar surface area (TPSA) is 35.5 Å². The number of ether oxygens (including phenoxy) is 2. The second-order valence-corrected chi connectivity index (χ2v) is 12.6. The highest BCUT2D eigenvalue weighted by Gasteiger charge is 2.03. The summed E-state index contributed by atoms with van der Waals surface area (Å²) < 4.78 is 11.8. The minimum Gasteiger partial charge on any atom is -0.494 e. The van der Waals surface area contributed by atoms with Crippen LogP contribution in [0.15, 0.2) is 54.6 Å². The third-order valence-corrected chi connectivity index (χ3v) is 8.48. The molecule has 0 saturated heterocycles. The molecule has 0 heterocycles. The Bertz CT molecular complexity index is 960. The predicted molar refractivity (Wildman–Crippen MR) is 190 cm³/mol. The van der Waals surface area contributed by atoms with Crippen LogP contribution < -0.4 is 9.47 Å².